The molecule has 0 aliphatic carbocycles. The van der Waals surface area contributed by atoms with Gasteiger partial charge in [0.1, 0.15) is 18.1 Å². The van der Waals surface area contributed by atoms with Gasteiger partial charge in [-0.15, -0.1) is 0 Å². The maximum atomic E-state index is 13.5. The van der Waals surface area contributed by atoms with Gasteiger partial charge in [0.25, 0.3) is 0 Å². The van der Waals surface area contributed by atoms with E-state index in [-0.39, 0.29) is 36.6 Å². The number of hydrogen-bond donors (Lipinski definition) is 3. The Kier molecular flexibility index (Phi) is 11.2. The van der Waals surface area contributed by atoms with Crippen LogP contribution in [0.3, 0.4) is 0 Å². The number of rotatable bonds is 13. The number of carbonyl (C=O) groups is 3. The summed E-state index contributed by atoms with van der Waals surface area (Å²) in [6, 6.07) is 17.5. The number of carboxylic acid groups (broad SMARTS) is 1. The van der Waals surface area contributed by atoms with Crippen molar-refractivity contribution in [1.82, 2.24) is 4.90 Å². The molecule has 1 aliphatic rings. The molecule has 11 heteroatoms. The average molecular weight is 610 g/mol. The van der Waals surface area contributed by atoms with Crippen LogP contribution in [-0.4, -0.2) is 66.9 Å². The van der Waals surface area contributed by atoms with E-state index >= 15 is 0 Å². The molecule has 4 rings (SSSR count). The number of methoxy groups -OCH3 is 1. The number of likely N-dealkylation sites (tertiary alicyclic amines) is 1. The first-order valence-corrected chi connectivity index (χ1v) is 14.5. The van der Waals surface area contributed by atoms with Crippen LogP contribution in [0, 0.1) is 0 Å². The molecular weight excluding hydrogens is 574 g/mol. The van der Waals surface area contributed by atoms with Crippen molar-refractivity contribution in [2.24, 2.45) is 0 Å². The number of unbranched alkanes of at least 4 members (excludes halogenated alkanes) is 1. The smallest absolute Gasteiger partial charge is 0.335 e. The number of benzene rings is 3. The average Bonchev–Trinajstić information content (AvgIpc) is 3.41. The number of amides is 3. The predicted molar refractivity (Wildman–Crippen MR) is 164 cm³/mol. The van der Waals surface area contributed by atoms with Gasteiger partial charge in [-0.25, -0.2) is 9.59 Å². The molecule has 3 aromatic carbocycles. The first-order chi connectivity index (χ1) is 20.8. The van der Waals surface area contributed by atoms with Crippen molar-refractivity contribution in [2.75, 3.05) is 37.5 Å². The lowest BCUT2D eigenvalue weighted by atomic mass is 10.1. The Morgan fingerprint density at radius 1 is 1.02 bits per heavy atom. The van der Waals surface area contributed by atoms with Gasteiger partial charge < -0.3 is 34.9 Å². The van der Waals surface area contributed by atoms with Crippen LogP contribution in [0.1, 0.15) is 42.1 Å². The van der Waals surface area contributed by atoms with Crippen LogP contribution < -0.4 is 20.1 Å². The number of anilines is 2. The van der Waals surface area contributed by atoms with Gasteiger partial charge in [0.2, 0.25) is 5.91 Å². The normalized spacial score (nSPS) is 16.0. The molecule has 0 unspecified atom stereocenters. The van der Waals surface area contributed by atoms with Gasteiger partial charge in [-0.2, -0.15) is 0 Å². The zero-order valence-electron chi connectivity index (χ0n) is 24.2. The molecule has 1 fully saturated rings. The van der Waals surface area contributed by atoms with Gasteiger partial charge in [-0.05, 0) is 66.9 Å². The van der Waals surface area contributed by atoms with Gasteiger partial charge in [0.05, 0.1) is 47.6 Å². The van der Waals surface area contributed by atoms with Crippen LogP contribution in [0.4, 0.5) is 16.2 Å². The molecule has 0 spiro atoms. The maximum Gasteiger partial charge on any atom is 0.335 e. The number of aromatic carboxylic acids is 1. The third-order valence-corrected chi connectivity index (χ3v) is 7.48. The Labute approximate surface area is 255 Å². The van der Waals surface area contributed by atoms with Crippen LogP contribution >= 0.6 is 11.6 Å². The summed E-state index contributed by atoms with van der Waals surface area (Å²) in [5, 5.41) is 15.0. The largest absolute Gasteiger partial charge is 0.495 e. The van der Waals surface area contributed by atoms with E-state index < -0.39 is 12.0 Å². The number of carboxylic acids is 1. The second-order valence-corrected chi connectivity index (χ2v) is 10.5. The number of nitrogens with one attached hydrogen (secondary N) is 2. The number of urea groups is 1. The van der Waals surface area contributed by atoms with E-state index in [1.54, 1.807) is 59.5 Å². The molecule has 43 heavy (non-hydrogen) atoms. The minimum atomic E-state index is -1.01. The Hall–Kier alpha value is -4.28. The fourth-order valence-electron chi connectivity index (χ4n) is 4.84. The molecule has 228 valence electrons. The summed E-state index contributed by atoms with van der Waals surface area (Å²) in [6.07, 6.45) is 2.56. The van der Waals surface area contributed by atoms with Crippen LogP contribution in [0.2, 0.25) is 5.02 Å². The summed E-state index contributed by atoms with van der Waals surface area (Å²) < 4.78 is 17.6. The van der Waals surface area contributed by atoms with E-state index in [0.29, 0.717) is 47.5 Å². The first kappa shape index (κ1) is 31.7. The van der Waals surface area contributed by atoms with Crippen molar-refractivity contribution in [2.45, 2.75) is 44.8 Å². The second-order valence-electron chi connectivity index (χ2n) is 10.1. The Balaban J connectivity index is 1.42. The van der Waals surface area contributed by atoms with E-state index in [4.69, 9.17) is 30.9 Å². The summed E-state index contributed by atoms with van der Waals surface area (Å²) in [6.45, 7) is 3.43. The molecule has 0 aromatic heterocycles. The third kappa shape index (κ3) is 8.62. The lowest BCUT2D eigenvalue weighted by Gasteiger charge is -2.28. The minimum absolute atomic E-state index is 0.0874. The number of para-hydroxylation sites is 1. The molecule has 10 nitrogen and oxygen atoms in total. The van der Waals surface area contributed by atoms with Gasteiger partial charge in [-0.3, -0.25) is 4.79 Å². The van der Waals surface area contributed by atoms with Gasteiger partial charge in [-0.1, -0.05) is 43.1 Å². The number of hydrogen-bond acceptors (Lipinski definition) is 6. The van der Waals surface area contributed by atoms with Crippen molar-refractivity contribution in [3.05, 3.63) is 82.9 Å². The van der Waals surface area contributed by atoms with Crippen LogP contribution in [0.25, 0.3) is 0 Å². The maximum absolute atomic E-state index is 13.5. The molecular formula is C32H36ClN3O7. The number of halogens is 1. The quantitative estimate of drug-likeness (QED) is 0.200. The summed E-state index contributed by atoms with van der Waals surface area (Å²) in [5.41, 5.74) is 1.80. The highest BCUT2D eigenvalue weighted by atomic mass is 35.5. The molecule has 0 bridgehead atoms. The zero-order valence-corrected chi connectivity index (χ0v) is 24.9. The standard InChI is InChI=1S/C32H36ClN3O7/c1-3-4-17-42-28-15-16-36(27(28)20-43-23-12-10-22(11-13-23)31(38)39)30(37)19-21-9-14-26(29(18-21)41-2)35-32(40)34-25-8-6-5-7-24(25)33/h5-14,18,27-28H,3-4,15-17,19-20H2,1-2H3,(H,38,39)(H2,34,35,40)/t27-,28-/m1/s1. The minimum Gasteiger partial charge on any atom is -0.495 e. The summed E-state index contributed by atoms with van der Waals surface area (Å²) >= 11 is 6.13. The van der Waals surface area contributed by atoms with Crippen LogP contribution in [0.15, 0.2) is 66.7 Å². The van der Waals surface area contributed by atoms with Crippen molar-refractivity contribution < 1.29 is 33.7 Å². The SMILES string of the molecule is CCCCO[C@@H]1CCN(C(=O)Cc2ccc(NC(=O)Nc3ccccc3Cl)c(OC)c2)[C@@H]1COc1ccc(C(=O)O)cc1. The highest BCUT2D eigenvalue weighted by Gasteiger charge is 2.38. The van der Waals surface area contributed by atoms with E-state index in [1.807, 2.05) is 0 Å². The molecule has 3 N–H and O–H groups in total. The summed E-state index contributed by atoms with van der Waals surface area (Å²) in [5.74, 6) is -0.172. The fraction of sp³-hybridized carbons (Fsp3) is 0.344. The summed E-state index contributed by atoms with van der Waals surface area (Å²) in [4.78, 5) is 39.1. The summed E-state index contributed by atoms with van der Waals surface area (Å²) in [7, 11) is 1.49. The van der Waals surface area contributed by atoms with Crippen LogP contribution in [-0.2, 0) is 16.0 Å². The number of ether oxygens (including phenoxy) is 3. The van der Waals surface area contributed by atoms with Crippen LogP contribution in [0.5, 0.6) is 11.5 Å². The van der Waals surface area contributed by atoms with Gasteiger partial charge in [0.15, 0.2) is 0 Å². The highest BCUT2D eigenvalue weighted by Crippen LogP contribution is 2.29. The van der Waals surface area contributed by atoms with Gasteiger partial charge in [0, 0.05) is 13.2 Å². The fourth-order valence-corrected chi connectivity index (χ4v) is 5.03. The lowest BCUT2D eigenvalue weighted by molar-refractivity contribution is -0.133. The molecule has 3 aromatic rings. The highest BCUT2D eigenvalue weighted by molar-refractivity contribution is 6.33. The molecule has 0 radical (unpaired) electrons. The molecule has 3 amide bonds. The Morgan fingerprint density at radius 2 is 1.77 bits per heavy atom. The zero-order chi connectivity index (χ0) is 30.8. The van der Waals surface area contributed by atoms with Crippen molar-refractivity contribution >= 4 is 40.9 Å². The van der Waals surface area contributed by atoms with Gasteiger partial charge >= 0.3 is 12.0 Å². The van der Waals surface area contributed by atoms with E-state index in [0.717, 1.165) is 18.4 Å². The Bertz CT molecular complexity index is 1420. The van der Waals surface area contributed by atoms with E-state index in [1.165, 1.54) is 19.2 Å². The van der Waals surface area contributed by atoms with E-state index in [9.17, 15) is 14.4 Å². The Morgan fingerprint density at radius 3 is 2.47 bits per heavy atom. The van der Waals surface area contributed by atoms with Crippen molar-refractivity contribution in [3.63, 3.8) is 0 Å². The monoisotopic (exact) mass is 609 g/mol. The number of nitrogens with zero attached hydrogens (tertiary/aromatic N) is 1. The first-order valence-electron chi connectivity index (χ1n) is 14.2. The molecule has 1 aliphatic heterocycles. The molecule has 0 saturated carbocycles. The lowest BCUT2D eigenvalue weighted by Crippen LogP contribution is -2.45. The molecule has 2 atom stereocenters. The third-order valence-electron chi connectivity index (χ3n) is 7.15. The second kappa shape index (κ2) is 15.3. The predicted octanol–water partition coefficient (Wildman–Crippen LogP) is 6.10. The van der Waals surface area contributed by atoms with Crippen molar-refractivity contribution in [1.29, 1.82) is 0 Å². The van der Waals surface area contributed by atoms with Crippen molar-refractivity contribution in [3.8, 4) is 11.5 Å². The van der Waals surface area contributed by atoms with E-state index in [2.05, 4.69) is 17.6 Å². The number of carbonyl (C=O) groups excluding carboxylic acids is 2. The molecule has 1 saturated heterocycles. The molecule has 1 heterocycles. The topological polar surface area (TPSA) is 126 Å².